The van der Waals surface area contributed by atoms with Gasteiger partial charge in [-0.15, -0.1) is 0 Å². The summed E-state index contributed by atoms with van der Waals surface area (Å²) in [5, 5.41) is 8.70. The molecule has 0 bridgehead atoms. The van der Waals surface area contributed by atoms with Crippen LogP contribution < -0.4 is 0 Å². The van der Waals surface area contributed by atoms with Gasteiger partial charge < -0.3 is 5.11 Å². The summed E-state index contributed by atoms with van der Waals surface area (Å²) < 4.78 is 0. The van der Waals surface area contributed by atoms with E-state index in [9.17, 15) is 4.79 Å². The molecule has 1 fully saturated rings. The fourth-order valence-electron chi connectivity index (χ4n) is 1.89. The Morgan fingerprint density at radius 1 is 1.75 bits per heavy atom. The van der Waals surface area contributed by atoms with Gasteiger partial charge in [0, 0.05) is 18.9 Å². The molecule has 1 N–H and O–H groups in total. The Bertz CT molecular complexity index is 196. The van der Waals surface area contributed by atoms with Gasteiger partial charge in [-0.2, -0.15) is 0 Å². The smallest absolute Gasteiger partial charge is 0.136 e. The molecule has 2 unspecified atom stereocenters. The van der Waals surface area contributed by atoms with Gasteiger partial charge in [-0.05, 0) is 18.8 Å². The molecule has 1 rings (SSSR count). The van der Waals surface area contributed by atoms with E-state index < -0.39 is 0 Å². The average Bonchev–Trinajstić information content (AvgIpc) is 2.34. The molecule has 68 valence electrons. The molecule has 2 atom stereocenters. The largest absolute Gasteiger partial charge is 0.396 e. The van der Waals surface area contributed by atoms with Gasteiger partial charge >= 0.3 is 0 Å². The lowest BCUT2D eigenvalue weighted by molar-refractivity contribution is -0.120. The quantitative estimate of drug-likeness (QED) is 0.649. The first-order chi connectivity index (χ1) is 5.66. The van der Waals surface area contributed by atoms with Crippen LogP contribution in [0, 0.1) is 11.8 Å². The molecule has 1 aliphatic rings. The molecule has 0 amide bonds. The zero-order chi connectivity index (χ0) is 9.14. The normalized spacial score (nSPS) is 29.3. The SMILES string of the molecule is C=C(CCO)C1CCC(=O)C1C. The van der Waals surface area contributed by atoms with Crippen molar-refractivity contribution in [1.82, 2.24) is 0 Å². The molecule has 1 saturated carbocycles. The average molecular weight is 168 g/mol. The highest BCUT2D eigenvalue weighted by Crippen LogP contribution is 2.34. The zero-order valence-corrected chi connectivity index (χ0v) is 7.55. The molecular formula is C10H16O2. The van der Waals surface area contributed by atoms with Crippen LogP contribution in [0.15, 0.2) is 12.2 Å². The van der Waals surface area contributed by atoms with Gasteiger partial charge in [-0.25, -0.2) is 0 Å². The maximum Gasteiger partial charge on any atom is 0.136 e. The summed E-state index contributed by atoms with van der Waals surface area (Å²) in [7, 11) is 0. The highest BCUT2D eigenvalue weighted by Gasteiger charge is 2.31. The van der Waals surface area contributed by atoms with Gasteiger partial charge in [0.05, 0.1) is 0 Å². The van der Waals surface area contributed by atoms with Crippen molar-refractivity contribution in [3.8, 4) is 0 Å². The van der Waals surface area contributed by atoms with Crippen LogP contribution in [0.25, 0.3) is 0 Å². The molecule has 0 saturated heterocycles. The Hall–Kier alpha value is -0.630. The third-order valence-corrected chi connectivity index (χ3v) is 2.77. The lowest BCUT2D eigenvalue weighted by Gasteiger charge is -2.15. The summed E-state index contributed by atoms with van der Waals surface area (Å²) in [6.45, 7) is 6.01. The standard InChI is InChI=1S/C10H16O2/c1-7(5-6-11)9-3-4-10(12)8(9)2/h8-9,11H,1,3-6H2,2H3. The van der Waals surface area contributed by atoms with E-state index in [1.807, 2.05) is 6.92 Å². The first kappa shape index (κ1) is 9.46. The molecule has 2 heteroatoms. The van der Waals surface area contributed by atoms with E-state index in [0.717, 1.165) is 12.0 Å². The van der Waals surface area contributed by atoms with E-state index in [1.165, 1.54) is 0 Å². The van der Waals surface area contributed by atoms with Crippen molar-refractivity contribution >= 4 is 5.78 Å². The Morgan fingerprint density at radius 3 is 2.83 bits per heavy atom. The highest BCUT2D eigenvalue weighted by molar-refractivity contribution is 5.83. The van der Waals surface area contributed by atoms with Crippen LogP contribution >= 0.6 is 0 Å². The minimum Gasteiger partial charge on any atom is -0.396 e. The summed E-state index contributed by atoms with van der Waals surface area (Å²) in [4.78, 5) is 11.2. The third-order valence-electron chi connectivity index (χ3n) is 2.77. The van der Waals surface area contributed by atoms with Crippen molar-refractivity contribution < 1.29 is 9.90 Å². The Kier molecular flexibility index (Phi) is 3.04. The van der Waals surface area contributed by atoms with E-state index in [-0.39, 0.29) is 12.5 Å². The zero-order valence-electron chi connectivity index (χ0n) is 7.55. The van der Waals surface area contributed by atoms with Gasteiger partial charge in [-0.1, -0.05) is 19.1 Å². The molecule has 0 spiro atoms. The second-order valence-electron chi connectivity index (χ2n) is 3.53. The summed E-state index contributed by atoms with van der Waals surface area (Å²) in [6, 6.07) is 0. The predicted molar refractivity (Wildman–Crippen MR) is 47.7 cm³/mol. The molecule has 0 radical (unpaired) electrons. The van der Waals surface area contributed by atoms with E-state index in [2.05, 4.69) is 6.58 Å². The Labute approximate surface area is 73.3 Å². The summed E-state index contributed by atoms with van der Waals surface area (Å²) >= 11 is 0. The third kappa shape index (κ3) is 1.75. The lowest BCUT2D eigenvalue weighted by Crippen LogP contribution is -2.12. The predicted octanol–water partition coefficient (Wildman–Crippen LogP) is 1.54. The van der Waals surface area contributed by atoms with E-state index in [0.29, 0.717) is 24.5 Å². The van der Waals surface area contributed by atoms with Crippen LogP contribution in [0.1, 0.15) is 26.2 Å². The summed E-state index contributed by atoms with van der Waals surface area (Å²) in [6.07, 6.45) is 2.26. The van der Waals surface area contributed by atoms with Crippen LogP contribution in [0.5, 0.6) is 0 Å². The minimum atomic E-state index is 0.129. The maximum absolute atomic E-state index is 11.2. The van der Waals surface area contributed by atoms with E-state index >= 15 is 0 Å². The lowest BCUT2D eigenvalue weighted by atomic mass is 9.89. The molecule has 12 heavy (non-hydrogen) atoms. The first-order valence-corrected chi connectivity index (χ1v) is 4.48. The van der Waals surface area contributed by atoms with E-state index in [1.54, 1.807) is 0 Å². The van der Waals surface area contributed by atoms with Crippen molar-refractivity contribution in [3.05, 3.63) is 12.2 Å². The van der Waals surface area contributed by atoms with Crippen molar-refractivity contribution in [1.29, 1.82) is 0 Å². The monoisotopic (exact) mass is 168 g/mol. The van der Waals surface area contributed by atoms with Crippen molar-refractivity contribution in [3.63, 3.8) is 0 Å². The number of aliphatic hydroxyl groups excluding tert-OH is 1. The number of aliphatic hydroxyl groups is 1. The number of hydrogen-bond acceptors (Lipinski definition) is 2. The summed E-state index contributed by atoms with van der Waals surface area (Å²) in [5.41, 5.74) is 1.04. The molecule has 1 aliphatic carbocycles. The molecule has 0 heterocycles. The van der Waals surface area contributed by atoms with E-state index in [4.69, 9.17) is 5.11 Å². The number of rotatable bonds is 3. The van der Waals surface area contributed by atoms with Gasteiger partial charge in [0.15, 0.2) is 0 Å². The Balaban J connectivity index is 2.53. The summed E-state index contributed by atoms with van der Waals surface area (Å²) in [5.74, 6) is 0.799. The van der Waals surface area contributed by atoms with Gasteiger partial charge in [0.1, 0.15) is 5.78 Å². The molecule has 0 aromatic heterocycles. The van der Waals surface area contributed by atoms with Gasteiger partial charge in [-0.3, -0.25) is 4.79 Å². The van der Waals surface area contributed by atoms with Crippen LogP contribution in [-0.2, 0) is 4.79 Å². The molecule has 2 nitrogen and oxygen atoms in total. The number of hydrogen-bond donors (Lipinski definition) is 1. The minimum absolute atomic E-state index is 0.129. The number of carbonyl (C=O) groups excluding carboxylic acids is 1. The second kappa shape index (κ2) is 3.85. The van der Waals surface area contributed by atoms with Gasteiger partial charge in [0.2, 0.25) is 0 Å². The fraction of sp³-hybridized carbons (Fsp3) is 0.700. The molecule has 0 aromatic carbocycles. The number of Topliss-reactive ketones (excluding diaryl/α,β-unsaturated/α-hetero) is 1. The molecule has 0 aliphatic heterocycles. The molecule has 0 aromatic rings. The maximum atomic E-state index is 11.2. The van der Waals surface area contributed by atoms with Crippen LogP contribution in [0.4, 0.5) is 0 Å². The van der Waals surface area contributed by atoms with Crippen LogP contribution in [0.3, 0.4) is 0 Å². The Morgan fingerprint density at radius 2 is 2.42 bits per heavy atom. The molecular weight excluding hydrogens is 152 g/mol. The first-order valence-electron chi connectivity index (χ1n) is 4.48. The second-order valence-corrected chi connectivity index (χ2v) is 3.53. The highest BCUT2D eigenvalue weighted by atomic mass is 16.3. The fourth-order valence-corrected chi connectivity index (χ4v) is 1.89. The number of carbonyl (C=O) groups is 1. The number of ketones is 1. The topological polar surface area (TPSA) is 37.3 Å². The van der Waals surface area contributed by atoms with Crippen molar-refractivity contribution in [2.45, 2.75) is 26.2 Å². The van der Waals surface area contributed by atoms with Crippen molar-refractivity contribution in [2.75, 3.05) is 6.61 Å². The van der Waals surface area contributed by atoms with Crippen LogP contribution in [-0.4, -0.2) is 17.5 Å². The van der Waals surface area contributed by atoms with Crippen molar-refractivity contribution in [2.24, 2.45) is 11.8 Å². The van der Waals surface area contributed by atoms with Crippen LogP contribution in [0.2, 0.25) is 0 Å². The van der Waals surface area contributed by atoms with Gasteiger partial charge in [0.25, 0.3) is 0 Å².